The van der Waals surface area contributed by atoms with Crippen molar-refractivity contribution in [3.63, 3.8) is 0 Å². The van der Waals surface area contributed by atoms with E-state index in [1.165, 1.54) is 24.2 Å². The van der Waals surface area contributed by atoms with Gasteiger partial charge in [0.15, 0.2) is 0 Å². The summed E-state index contributed by atoms with van der Waals surface area (Å²) in [6, 6.07) is 17.5. The van der Waals surface area contributed by atoms with E-state index < -0.39 is 0 Å². The Balaban J connectivity index is 1.44. The van der Waals surface area contributed by atoms with Crippen molar-refractivity contribution >= 4 is 17.4 Å². The first kappa shape index (κ1) is 16.3. The monoisotopic (exact) mass is 330 g/mol. The largest absolute Gasteiger partial charge is 0.370 e. The average Bonchev–Trinajstić information content (AvgIpc) is 2.83. The molecule has 0 spiro atoms. The summed E-state index contributed by atoms with van der Waals surface area (Å²) < 4.78 is 12.9. The van der Waals surface area contributed by atoms with Crippen LogP contribution in [0.3, 0.4) is 0 Å². The van der Waals surface area contributed by atoms with E-state index in [1.807, 2.05) is 12.1 Å². The molecule has 0 aliphatic carbocycles. The van der Waals surface area contributed by atoms with E-state index in [-0.39, 0.29) is 5.82 Å². The molecular weight excluding hydrogens is 307 g/mol. The molecule has 0 atom stereocenters. The minimum atomic E-state index is -0.164. The van der Waals surface area contributed by atoms with E-state index in [1.54, 1.807) is 11.8 Å². The summed E-state index contributed by atoms with van der Waals surface area (Å²) in [6.45, 7) is 5.58. The van der Waals surface area contributed by atoms with Crippen LogP contribution in [0.5, 0.6) is 0 Å². The van der Waals surface area contributed by atoms with Crippen LogP contribution in [0.1, 0.15) is 6.42 Å². The van der Waals surface area contributed by atoms with E-state index in [0.717, 1.165) is 43.4 Å². The summed E-state index contributed by atoms with van der Waals surface area (Å²) in [7, 11) is 0. The zero-order valence-electron chi connectivity index (χ0n) is 13.3. The fourth-order valence-corrected chi connectivity index (χ4v) is 3.83. The van der Waals surface area contributed by atoms with E-state index >= 15 is 0 Å². The van der Waals surface area contributed by atoms with Crippen molar-refractivity contribution in [3.8, 4) is 0 Å². The molecule has 0 unspecified atom stereocenters. The molecule has 2 aromatic carbocycles. The van der Waals surface area contributed by atoms with Crippen molar-refractivity contribution in [1.29, 1.82) is 0 Å². The molecule has 4 heteroatoms. The van der Waals surface area contributed by atoms with Crippen LogP contribution in [0.15, 0.2) is 59.5 Å². The van der Waals surface area contributed by atoms with Crippen LogP contribution in [-0.2, 0) is 0 Å². The van der Waals surface area contributed by atoms with Crippen molar-refractivity contribution in [3.05, 3.63) is 60.4 Å². The second-order valence-corrected chi connectivity index (χ2v) is 6.99. The standard InChI is InChI=1S/C19H23FN2S/c20-17-7-9-19(10-8-17)23-16-15-21-11-4-12-22(14-13-21)18-5-2-1-3-6-18/h1-3,5-10H,4,11-16H2. The van der Waals surface area contributed by atoms with Crippen molar-refractivity contribution in [2.45, 2.75) is 11.3 Å². The first-order chi connectivity index (χ1) is 11.3. The van der Waals surface area contributed by atoms with Crippen LogP contribution >= 0.6 is 11.8 Å². The Morgan fingerprint density at radius 1 is 0.870 bits per heavy atom. The molecule has 0 saturated carbocycles. The number of hydrogen-bond acceptors (Lipinski definition) is 3. The highest BCUT2D eigenvalue weighted by Crippen LogP contribution is 2.19. The van der Waals surface area contributed by atoms with E-state index in [9.17, 15) is 4.39 Å². The minimum absolute atomic E-state index is 0.164. The summed E-state index contributed by atoms with van der Waals surface area (Å²) in [4.78, 5) is 6.17. The molecule has 1 aliphatic heterocycles. The molecule has 1 saturated heterocycles. The lowest BCUT2D eigenvalue weighted by atomic mass is 10.3. The van der Waals surface area contributed by atoms with Crippen LogP contribution in [0.4, 0.5) is 10.1 Å². The minimum Gasteiger partial charge on any atom is -0.370 e. The highest BCUT2D eigenvalue weighted by Gasteiger charge is 2.14. The lowest BCUT2D eigenvalue weighted by Gasteiger charge is -2.23. The predicted octanol–water partition coefficient (Wildman–Crippen LogP) is 4.13. The summed E-state index contributed by atoms with van der Waals surface area (Å²) in [5.74, 6) is 0.889. The van der Waals surface area contributed by atoms with Gasteiger partial charge < -0.3 is 9.80 Å². The molecule has 2 aromatic rings. The Labute approximate surface area is 142 Å². The fourth-order valence-electron chi connectivity index (χ4n) is 2.91. The van der Waals surface area contributed by atoms with Crippen molar-refractivity contribution in [2.24, 2.45) is 0 Å². The summed E-state index contributed by atoms with van der Waals surface area (Å²) in [5, 5.41) is 0. The normalized spacial score (nSPS) is 16.3. The summed E-state index contributed by atoms with van der Waals surface area (Å²) in [5.41, 5.74) is 1.33. The Bertz CT molecular complexity index is 588. The molecule has 0 radical (unpaired) electrons. The van der Waals surface area contributed by atoms with E-state index in [4.69, 9.17) is 0 Å². The van der Waals surface area contributed by atoms with Gasteiger partial charge in [0.2, 0.25) is 0 Å². The number of thioether (sulfide) groups is 1. The summed E-state index contributed by atoms with van der Waals surface area (Å²) >= 11 is 1.80. The quantitative estimate of drug-likeness (QED) is 0.761. The molecule has 122 valence electrons. The molecule has 0 aromatic heterocycles. The molecule has 0 bridgehead atoms. The van der Waals surface area contributed by atoms with Gasteiger partial charge in [0.25, 0.3) is 0 Å². The molecule has 0 amide bonds. The first-order valence-electron chi connectivity index (χ1n) is 8.22. The van der Waals surface area contributed by atoms with Gasteiger partial charge in [-0.2, -0.15) is 0 Å². The van der Waals surface area contributed by atoms with Gasteiger partial charge >= 0.3 is 0 Å². The highest BCUT2D eigenvalue weighted by atomic mass is 32.2. The maximum absolute atomic E-state index is 12.9. The zero-order valence-corrected chi connectivity index (χ0v) is 14.1. The van der Waals surface area contributed by atoms with Crippen LogP contribution in [0.2, 0.25) is 0 Å². The number of halogens is 1. The lowest BCUT2D eigenvalue weighted by Crippen LogP contribution is -2.32. The number of para-hydroxylation sites is 1. The number of benzene rings is 2. The molecule has 3 rings (SSSR count). The van der Waals surface area contributed by atoms with Gasteiger partial charge in [0.1, 0.15) is 5.82 Å². The number of rotatable bonds is 5. The summed E-state index contributed by atoms with van der Waals surface area (Å²) in [6.07, 6.45) is 1.20. The number of anilines is 1. The predicted molar refractivity (Wildman–Crippen MR) is 96.8 cm³/mol. The Hall–Kier alpha value is -1.52. The average molecular weight is 330 g/mol. The van der Waals surface area contributed by atoms with Gasteiger partial charge in [-0.05, 0) is 49.4 Å². The molecule has 23 heavy (non-hydrogen) atoms. The van der Waals surface area contributed by atoms with Gasteiger partial charge in [0, 0.05) is 42.5 Å². The first-order valence-corrected chi connectivity index (χ1v) is 9.20. The van der Waals surface area contributed by atoms with Crippen LogP contribution < -0.4 is 4.90 Å². The third-order valence-corrected chi connectivity index (χ3v) is 5.19. The van der Waals surface area contributed by atoms with E-state index in [2.05, 4.69) is 40.1 Å². The maximum Gasteiger partial charge on any atom is 0.123 e. The topological polar surface area (TPSA) is 6.48 Å². The maximum atomic E-state index is 12.9. The lowest BCUT2D eigenvalue weighted by molar-refractivity contribution is 0.312. The van der Waals surface area contributed by atoms with Crippen LogP contribution in [-0.4, -0.2) is 43.4 Å². The Morgan fingerprint density at radius 3 is 2.43 bits per heavy atom. The Kier molecular flexibility index (Phi) is 5.94. The molecule has 2 nitrogen and oxygen atoms in total. The molecule has 1 aliphatic rings. The SMILES string of the molecule is Fc1ccc(SCCN2CCCN(c3ccccc3)CC2)cc1. The Morgan fingerprint density at radius 2 is 1.65 bits per heavy atom. The third kappa shape index (κ3) is 4.98. The van der Waals surface area contributed by atoms with Gasteiger partial charge in [-0.1, -0.05) is 18.2 Å². The molecule has 1 fully saturated rings. The van der Waals surface area contributed by atoms with Crippen molar-refractivity contribution in [2.75, 3.05) is 43.4 Å². The highest BCUT2D eigenvalue weighted by molar-refractivity contribution is 7.99. The molecular formula is C19H23FN2S. The van der Waals surface area contributed by atoms with Crippen molar-refractivity contribution < 1.29 is 4.39 Å². The third-order valence-electron chi connectivity index (χ3n) is 4.20. The van der Waals surface area contributed by atoms with Crippen LogP contribution in [0.25, 0.3) is 0 Å². The van der Waals surface area contributed by atoms with Gasteiger partial charge in [-0.3, -0.25) is 0 Å². The van der Waals surface area contributed by atoms with Gasteiger partial charge in [-0.15, -0.1) is 11.8 Å². The van der Waals surface area contributed by atoms with Crippen molar-refractivity contribution in [1.82, 2.24) is 4.90 Å². The second kappa shape index (κ2) is 8.37. The second-order valence-electron chi connectivity index (χ2n) is 5.82. The van der Waals surface area contributed by atoms with Crippen LogP contribution in [0, 0.1) is 5.82 Å². The smallest absolute Gasteiger partial charge is 0.123 e. The fraction of sp³-hybridized carbons (Fsp3) is 0.368. The number of nitrogens with zero attached hydrogens (tertiary/aromatic N) is 2. The number of hydrogen-bond donors (Lipinski definition) is 0. The zero-order chi connectivity index (χ0) is 15.9. The molecule has 1 heterocycles. The van der Waals surface area contributed by atoms with Gasteiger partial charge in [0.05, 0.1) is 0 Å². The van der Waals surface area contributed by atoms with E-state index in [0.29, 0.717) is 0 Å². The molecule has 0 N–H and O–H groups in total. The van der Waals surface area contributed by atoms with Gasteiger partial charge in [-0.25, -0.2) is 4.39 Å².